The molecule has 0 aromatic heterocycles. The van der Waals surface area contributed by atoms with Gasteiger partial charge in [-0.2, -0.15) is 0 Å². The van der Waals surface area contributed by atoms with E-state index in [1.54, 1.807) is 24.3 Å². The molecule has 1 amide bonds. The Morgan fingerprint density at radius 2 is 1.28 bits per heavy atom. The summed E-state index contributed by atoms with van der Waals surface area (Å²) >= 11 is 0. The van der Waals surface area contributed by atoms with Crippen molar-refractivity contribution < 1.29 is 9.90 Å². The van der Waals surface area contributed by atoms with Gasteiger partial charge in [-0.25, -0.2) is 0 Å². The van der Waals surface area contributed by atoms with Gasteiger partial charge >= 0.3 is 0 Å². The molecule has 2 aromatic rings. The van der Waals surface area contributed by atoms with Gasteiger partial charge in [-0.3, -0.25) is 4.79 Å². The number of hydrogen-bond donors (Lipinski definition) is 3. The Morgan fingerprint density at radius 1 is 0.920 bits per heavy atom. The number of aliphatic hydroxyl groups excluding tert-OH is 1. The number of rotatable bonds is 3. The number of benzene rings is 2. The zero-order valence-electron chi connectivity index (χ0n) is 16.4. The van der Waals surface area contributed by atoms with Crippen LogP contribution in [-0.4, -0.2) is 18.1 Å². The van der Waals surface area contributed by atoms with E-state index < -0.39 is 12.0 Å². The van der Waals surface area contributed by atoms with Gasteiger partial charge in [-0.15, -0.1) is 0 Å². The monoisotopic (exact) mass is 346 g/mol. The normalized spacial score (nSPS) is 9.92. The van der Waals surface area contributed by atoms with Crippen LogP contribution >= 0.6 is 0 Å². The van der Waals surface area contributed by atoms with E-state index in [1.807, 2.05) is 20.8 Å². The van der Waals surface area contributed by atoms with Crippen LogP contribution in [-0.2, 0) is 0 Å². The van der Waals surface area contributed by atoms with Crippen molar-refractivity contribution >= 4 is 5.91 Å². The second-order valence-electron chi connectivity index (χ2n) is 5.07. The summed E-state index contributed by atoms with van der Waals surface area (Å²) in [5, 5.41) is 9.44. The van der Waals surface area contributed by atoms with Crippen LogP contribution in [0.4, 0.5) is 0 Å². The molecule has 0 heterocycles. The molecular weight excluding hydrogens is 312 g/mol. The molecule has 0 saturated heterocycles. The summed E-state index contributed by atoms with van der Waals surface area (Å²) in [5.74, 6) is -0.447. The predicted molar refractivity (Wildman–Crippen MR) is 108 cm³/mol. The second kappa shape index (κ2) is 15.4. The predicted octanol–water partition coefficient (Wildman–Crippen LogP) is 4.13. The number of nitrogens with two attached hydrogens (primary N) is 2. The molecular formula is C21H34N2O2. The first-order chi connectivity index (χ1) is 11.9. The number of hydrogen-bond acceptors (Lipinski definition) is 3. The summed E-state index contributed by atoms with van der Waals surface area (Å²) in [6.45, 7) is 10.1. The van der Waals surface area contributed by atoms with Crippen LogP contribution in [0.1, 0.15) is 60.3 Å². The first kappa shape index (κ1) is 25.1. The topological polar surface area (TPSA) is 89.3 Å². The van der Waals surface area contributed by atoms with Crippen molar-refractivity contribution in [2.45, 2.75) is 47.1 Å². The third-order valence-electron chi connectivity index (χ3n) is 3.18. The summed E-state index contributed by atoms with van der Waals surface area (Å²) in [7, 11) is 1.50. The summed E-state index contributed by atoms with van der Waals surface area (Å²) in [4.78, 5) is 10.7. The van der Waals surface area contributed by atoms with Crippen LogP contribution in [0.5, 0.6) is 0 Å². The van der Waals surface area contributed by atoms with Crippen LogP contribution in [0.2, 0.25) is 0 Å². The van der Waals surface area contributed by atoms with Crippen LogP contribution in [0, 0.1) is 13.8 Å². The smallest absolute Gasteiger partial charge is 0.248 e. The third kappa shape index (κ3) is 11.1. The van der Waals surface area contributed by atoms with E-state index in [9.17, 15) is 9.90 Å². The van der Waals surface area contributed by atoms with Crippen molar-refractivity contribution in [3.63, 3.8) is 0 Å². The molecule has 1 atom stereocenters. The zero-order valence-corrected chi connectivity index (χ0v) is 16.4. The molecule has 5 N–H and O–H groups in total. The molecule has 140 valence electrons. The summed E-state index contributed by atoms with van der Waals surface area (Å²) in [5.41, 5.74) is 13.5. The van der Waals surface area contributed by atoms with Crippen molar-refractivity contribution in [3.8, 4) is 0 Å². The van der Waals surface area contributed by atoms with Crippen LogP contribution in [0.25, 0.3) is 0 Å². The highest BCUT2D eigenvalue weighted by atomic mass is 16.3. The Labute approximate surface area is 152 Å². The van der Waals surface area contributed by atoms with Gasteiger partial charge in [-0.05, 0) is 45.0 Å². The minimum atomic E-state index is -0.457. The molecule has 0 fully saturated rings. The van der Waals surface area contributed by atoms with Gasteiger partial charge in [0.2, 0.25) is 5.91 Å². The Balaban J connectivity index is 0. The van der Waals surface area contributed by atoms with Crippen molar-refractivity contribution in [3.05, 3.63) is 70.8 Å². The van der Waals surface area contributed by atoms with E-state index in [2.05, 4.69) is 43.8 Å². The van der Waals surface area contributed by atoms with Crippen molar-refractivity contribution in [2.75, 3.05) is 7.05 Å². The maximum atomic E-state index is 10.7. The molecule has 0 radical (unpaired) electrons. The van der Waals surface area contributed by atoms with E-state index in [4.69, 9.17) is 5.73 Å². The minimum Gasteiger partial charge on any atom is -0.388 e. The highest BCUT2D eigenvalue weighted by Crippen LogP contribution is 2.16. The molecule has 2 rings (SSSR count). The van der Waals surface area contributed by atoms with Gasteiger partial charge in [0.05, 0.1) is 6.10 Å². The van der Waals surface area contributed by atoms with E-state index >= 15 is 0 Å². The number of carbonyl (C=O) groups is 1. The Bertz CT molecular complexity index is 542. The maximum absolute atomic E-state index is 10.7. The number of amides is 1. The minimum absolute atomic E-state index is 0.447. The zero-order chi connectivity index (χ0) is 19.8. The SMILES string of the molecule is CC.CCC(O)c1ccc(C(N)=O)cc1.CN.Cc1ccc(C)cc1. The molecule has 2 aromatic carbocycles. The number of primary amides is 1. The molecule has 0 aliphatic carbocycles. The fourth-order valence-corrected chi connectivity index (χ4v) is 1.74. The van der Waals surface area contributed by atoms with Gasteiger partial charge in [0, 0.05) is 5.56 Å². The highest BCUT2D eigenvalue weighted by molar-refractivity contribution is 5.92. The molecule has 0 aliphatic heterocycles. The molecule has 0 bridgehead atoms. The standard InChI is InChI=1S/C10H13NO2.C8H10.C2H6.CH5N/c1-2-9(12)7-3-5-8(6-4-7)10(11)13;1-7-3-5-8(2)6-4-7;2*1-2/h3-6,9,12H,2H2,1H3,(H2,11,13);3-6H,1-2H3;1-2H3;2H2,1H3. The number of carbonyl (C=O) groups excluding carboxylic acids is 1. The molecule has 4 nitrogen and oxygen atoms in total. The fraction of sp³-hybridized carbons (Fsp3) is 0.381. The first-order valence-corrected chi connectivity index (χ1v) is 8.63. The van der Waals surface area contributed by atoms with Gasteiger partial charge < -0.3 is 16.6 Å². The lowest BCUT2D eigenvalue weighted by atomic mass is 10.1. The van der Waals surface area contributed by atoms with E-state index in [0.717, 1.165) is 5.56 Å². The Morgan fingerprint density at radius 3 is 1.56 bits per heavy atom. The van der Waals surface area contributed by atoms with Crippen LogP contribution in [0.3, 0.4) is 0 Å². The average molecular weight is 347 g/mol. The van der Waals surface area contributed by atoms with Crippen LogP contribution in [0.15, 0.2) is 48.5 Å². The lowest BCUT2D eigenvalue weighted by molar-refractivity contribution is 0.1000. The quantitative estimate of drug-likeness (QED) is 0.780. The highest BCUT2D eigenvalue weighted by Gasteiger charge is 2.05. The Kier molecular flexibility index (Phi) is 15.4. The van der Waals surface area contributed by atoms with E-state index in [-0.39, 0.29) is 0 Å². The molecule has 1 unspecified atom stereocenters. The molecule has 4 heteroatoms. The first-order valence-electron chi connectivity index (χ1n) is 8.63. The van der Waals surface area contributed by atoms with Gasteiger partial charge in [0.25, 0.3) is 0 Å². The molecule has 0 saturated carbocycles. The van der Waals surface area contributed by atoms with Gasteiger partial charge in [0.15, 0.2) is 0 Å². The number of aryl methyl sites for hydroxylation is 2. The molecule has 0 aliphatic rings. The maximum Gasteiger partial charge on any atom is 0.248 e. The molecule has 25 heavy (non-hydrogen) atoms. The van der Waals surface area contributed by atoms with Gasteiger partial charge in [0.1, 0.15) is 0 Å². The summed E-state index contributed by atoms with van der Waals surface area (Å²) in [6, 6.07) is 15.2. The van der Waals surface area contributed by atoms with Crippen molar-refractivity contribution in [1.29, 1.82) is 0 Å². The van der Waals surface area contributed by atoms with Crippen molar-refractivity contribution in [1.82, 2.24) is 0 Å². The van der Waals surface area contributed by atoms with Gasteiger partial charge in [-0.1, -0.05) is 68.3 Å². The number of aliphatic hydroxyl groups is 1. The van der Waals surface area contributed by atoms with E-state index in [0.29, 0.717) is 12.0 Å². The fourth-order valence-electron chi connectivity index (χ4n) is 1.74. The van der Waals surface area contributed by atoms with E-state index in [1.165, 1.54) is 18.2 Å². The second-order valence-corrected chi connectivity index (χ2v) is 5.07. The average Bonchev–Trinajstić information content (AvgIpc) is 2.67. The summed E-state index contributed by atoms with van der Waals surface area (Å²) in [6.07, 6.45) is 0.206. The lowest BCUT2D eigenvalue weighted by Gasteiger charge is -2.07. The van der Waals surface area contributed by atoms with Crippen molar-refractivity contribution in [2.24, 2.45) is 11.5 Å². The largest absolute Gasteiger partial charge is 0.388 e. The molecule has 0 spiro atoms. The summed E-state index contributed by atoms with van der Waals surface area (Å²) < 4.78 is 0. The third-order valence-corrected chi connectivity index (χ3v) is 3.18. The lowest BCUT2D eigenvalue weighted by Crippen LogP contribution is -2.10. The Hall–Kier alpha value is -2.17. The van der Waals surface area contributed by atoms with Crippen LogP contribution < -0.4 is 11.5 Å².